The van der Waals surface area contributed by atoms with Crippen LogP contribution in [0.15, 0.2) is 0 Å². The highest BCUT2D eigenvalue weighted by atomic mass is 16.2. The lowest BCUT2D eigenvalue weighted by Crippen LogP contribution is -2.32. The molecule has 1 amide bonds. The largest absolute Gasteiger partial charge is 0.341 e. The molecule has 0 aromatic carbocycles. The smallest absolute Gasteiger partial charge is 0.236 e. The summed E-state index contributed by atoms with van der Waals surface area (Å²) in [6, 6.07) is 1.94. The molecule has 0 aromatic rings. The fourth-order valence-corrected chi connectivity index (χ4v) is 3.04. The van der Waals surface area contributed by atoms with Crippen LogP contribution in [0.3, 0.4) is 0 Å². The third kappa shape index (κ3) is 2.14. The lowest BCUT2D eigenvalue weighted by atomic mass is 9.73. The quantitative estimate of drug-likeness (QED) is 0.659. The van der Waals surface area contributed by atoms with Crippen LogP contribution in [0.25, 0.3) is 0 Å². The standard InChI is InChI=1S/C12H18N2O/c13-8-4-11(15)14-9-7-12(10-14)5-2-1-3-6-12/h1-7,9-10H2. The molecule has 0 radical (unpaired) electrons. The molecule has 1 aliphatic heterocycles. The van der Waals surface area contributed by atoms with Gasteiger partial charge in [-0.1, -0.05) is 19.3 Å². The molecule has 3 nitrogen and oxygen atoms in total. The van der Waals surface area contributed by atoms with Crippen molar-refractivity contribution in [3.63, 3.8) is 0 Å². The van der Waals surface area contributed by atoms with Gasteiger partial charge < -0.3 is 4.90 Å². The Kier molecular flexibility index (Phi) is 2.95. The topological polar surface area (TPSA) is 44.1 Å². The summed E-state index contributed by atoms with van der Waals surface area (Å²) in [6.45, 7) is 1.79. The molecular formula is C12H18N2O. The first-order valence-electron chi connectivity index (χ1n) is 5.91. The second-order valence-corrected chi connectivity index (χ2v) is 4.96. The van der Waals surface area contributed by atoms with Gasteiger partial charge in [-0.3, -0.25) is 4.79 Å². The summed E-state index contributed by atoms with van der Waals surface area (Å²) in [5.41, 5.74) is 0.420. The van der Waals surface area contributed by atoms with Crippen molar-refractivity contribution in [3.05, 3.63) is 0 Å². The number of nitriles is 1. The van der Waals surface area contributed by atoms with Crippen molar-refractivity contribution >= 4 is 5.91 Å². The molecule has 82 valence electrons. The van der Waals surface area contributed by atoms with E-state index in [0.29, 0.717) is 5.41 Å². The number of carbonyl (C=O) groups is 1. The van der Waals surface area contributed by atoms with Crippen LogP contribution < -0.4 is 0 Å². The van der Waals surface area contributed by atoms with Crippen LogP contribution in [0.1, 0.15) is 44.9 Å². The predicted octanol–water partition coefficient (Wildman–Crippen LogP) is 2.08. The van der Waals surface area contributed by atoms with Crippen molar-refractivity contribution < 1.29 is 4.79 Å². The summed E-state index contributed by atoms with van der Waals surface area (Å²) in [4.78, 5) is 13.5. The first-order chi connectivity index (χ1) is 7.26. The van der Waals surface area contributed by atoms with Crippen molar-refractivity contribution in [2.45, 2.75) is 44.9 Å². The number of nitrogens with zero attached hydrogens (tertiary/aromatic N) is 2. The van der Waals surface area contributed by atoms with Gasteiger partial charge in [-0.05, 0) is 24.7 Å². The molecule has 0 atom stereocenters. The van der Waals surface area contributed by atoms with Crippen LogP contribution in [0.4, 0.5) is 0 Å². The maximum atomic E-state index is 11.6. The zero-order chi connectivity index (χ0) is 10.7. The molecule has 1 aliphatic carbocycles. The highest BCUT2D eigenvalue weighted by molar-refractivity contribution is 5.78. The summed E-state index contributed by atoms with van der Waals surface area (Å²) in [7, 11) is 0. The van der Waals surface area contributed by atoms with Gasteiger partial charge >= 0.3 is 0 Å². The number of rotatable bonds is 1. The Hall–Kier alpha value is -1.04. The Bertz CT molecular complexity index is 286. The van der Waals surface area contributed by atoms with Gasteiger partial charge in [-0.25, -0.2) is 0 Å². The van der Waals surface area contributed by atoms with E-state index in [4.69, 9.17) is 5.26 Å². The van der Waals surface area contributed by atoms with Crippen LogP contribution in [-0.2, 0) is 4.79 Å². The Balaban J connectivity index is 1.93. The molecule has 0 N–H and O–H groups in total. The molecule has 1 saturated carbocycles. The summed E-state index contributed by atoms with van der Waals surface area (Å²) in [5, 5.41) is 8.50. The molecule has 1 saturated heterocycles. The van der Waals surface area contributed by atoms with Gasteiger partial charge in [0.2, 0.25) is 5.91 Å². The number of hydrogen-bond acceptors (Lipinski definition) is 2. The lowest BCUT2D eigenvalue weighted by molar-refractivity contribution is -0.129. The zero-order valence-corrected chi connectivity index (χ0v) is 9.17. The predicted molar refractivity (Wildman–Crippen MR) is 56.9 cm³/mol. The Morgan fingerprint density at radius 3 is 2.67 bits per heavy atom. The fourth-order valence-electron chi connectivity index (χ4n) is 3.04. The Labute approximate surface area is 91.1 Å². The number of likely N-dealkylation sites (tertiary alicyclic amines) is 1. The van der Waals surface area contributed by atoms with Crippen molar-refractivity contribution in [2.24, 2.45) is 5.41 Å². The number of carbonyl (C=O) groups excluding carboxylic acids is 1. The van der Waals surface area contributed by atoms with Gasteiger partial charge in [0.05, 0.1) is 6.07 Å². The van der Waals surface area contributed by atoms with Crippen LogP contribution in [-0.4, -0.2) is 23.9 Å². The van der Waals surface area contributed by atoms with Gasteiger partial charge in [0, 0.05) is 13.1 Å². The molecule has 2 fully saturated rings. The van der Waals surface area contributed by atoms with Gasteiger partial charge in [0.15, 0.2) is 0 Å². The number of hydrogen-bond donors (Lipinski definition) is 0. The van der Waals surface area contributed by atoms with E-state index in [-0.39, 0.29) is 12.3 Å². The molecule has 1 spiro atoms. The minimum absolute atomic E-state index is 0.0277. The first kappa shape index (κ1) is 10.5. The Morgan fingerprint density at radius 2 is 2.00 bits per heavy atom. The van der Waals surface area contributed by atoms with E-state index in [1.807, 2.05) is 11.0 Å². The monoisotopic (exact) mass is 206 g/mol. The van der Waals surface area contributed by atoms with Crippen LogP contribution >= 0.6 is 0 Å². The average Bonchev–Trinajstić information content (AvgIpc) is 2.64. The van der Waals surface area contributed by atoms with Crippen molar-refractivity contribution in [2.75, 3.05) is 13.1 Å². The molecule has 1 heterocycles. The second kappa shape index (κ2) is 4.22. The van der Waals surface area contributed by atoms with E-state index in [2.05, 4.69) is 0 Å². The first-order valence-corrected chi connectivity index (χ1v) is 5.91. The SMILES string of the molecule is N#CCC(=O)N1CCC2(CCCCC2)C1. The van der Waals surface area contributed by atoms with Crippen LogP contribution in [0.2, 0.25) is 0 Å². The molecule has 2 rings (SSSR count). The van der Waals surface area contributed by atoms with E-state index in [1.54, 1.807) is 0 Å². The van der Waals surface area contributed by atoms with Gasteiger partial charge in [0.1, 0.15) is 6.42 Å². The normalized spacial score (nSPS) is 24.1. The third-order valence-electron chi connectivity index (χ3n) is 3.94. The Morgan fingerprint density at radius 1 is 1.27 bits per heavy atom. The minimum atomic E-state index is 0.0277. The summed E-state index contributed by atoms with van der Waals surface area (Å²) >= 11 is 0. The third-order valence-corrected chi connectivity index (χ3v) is 3.94. The van der Waals surface area contributed by atoms with Crippen LogP contribution in [0, 0.1) is 16.7 Å². The lowest BCUT2D eigenvalue weighted by Gasteiger charge is -2.33. The van der Waals surface area contributed by atoms with Crippen LogP contribution in [0.5, 0.6) is 0 Å². The molecule has 0 bridgehead atoms. The number of amides is 1. The molecule has 0 aromatic heterocycles. The summed E-state index contributed by atoms with van der Waals surface area (Å²) < 4.78 is 0. The maximum absolute atomic E-state index is 11.6. The van der Waals surface area contributed by atoms with E-state index in [1.165, 1.54) is 32.1 Å². The van der Waals surface area contributed by atoms with E-state index < -0.39 is 0 Å². The van der Waals surface area contributed by atoms with E-state index >= 15 is 0 Å². The van der Waals surface area contributed by atoms with E-state index in [0.717, 1.165) is 19.5 Å². The van der Waals surface area contributed by atoms with Crippen molar-refractivity contribution in [3.8, 4) is 6.07 Å². The molecule has 15 heavy (non-hydrogen) atoms. The zero-order valence-electron chi connectivity index (χ0n) is 9.17. The molecular weight excluding hydrogens is 188 g/mol. The minimum Gasteiger partial charge on any atom is -0.341 e. The fraction of sp³-hybridized carbons (Fsp3) is 0.833. The molecule has 3 heteroatoms. The van der Waals surface area contributed by atoms with Gasteiger partial charge in [-0.15, -0.1) is 0 Å². The van der Waals surface area contributed by atoms with Crippen molar-refractivity contribution in [1.29, 1.82) is 5.26 Å². The van der Waals surface area contributed by atoms with Crippen molar-refractivity contribution in [1.82, 2.24) is 4.90 Å². The van der Waals surface area contributed by atoms with Gasteiger partial charge in [0.25, 0.3) is 0 Å². The molecule has 2 aliphatic rings. The van der Waals surface area contributed by atoms with E-state index in [9.17, 15) is 4.79 Å². The molecule has 0 unspecified atom stereocenters. The van der Waals surface area contributed by atoms with Gasteiger partial charge in [-0.2, -0.15) is 5.26 Å². The average molecular weight is 206 g/mol. The maximum Gasteiger partial charge on any atom is 0.236 e. The summed E-state index contributed by atoms with van der Waals surface area (Å²) in [6.07, 6.45) is 7.77. The highest BCUT2D eigenvalue weighted by Crippen LogP contribution is 2.43. The highest BCUT2D eigenvalue weighted by Gasteiger charge is 2.40. The summed E-state index contributed by atoms with van der Waals surface area (Å²) in [5.74, 6) is 0.0277. The second-order valence-electron chi connectivity index (χ2n) is 4.96.